The lowest BCUT2D eigenvalue weighted by atomic mass is 9.75. The maximum Gasteiger partial charge on any atom is 0.407 e. The highest BCUT2D eigenvalue weighted by molar-refractivity contribution is 8.03. The van der Waals surface area contributed by atoms with Crippen LogP contribution in [0.2, 0.25) is 10.0 Å². The predicted octanol–water partition coefficient (Wildman–Crippen LogP) is 6.59. The van der Waals surface area contributed by atoms with Crippen LogP contribution in [-0.2, 0) is 4.75 Å². The van der Waals surface area contributed by atoms with Gasteiger partial charge in [-0.15, -0.1) is 11.8 Å². The minimum Gasteiger partial charge on any atom is -0.396 e. The number of hydrogen-bond acceptors (Lipinski definition) is 2. The van der Waals surface area contributed by atoms with Gasteiger partial charge in [-0.3, -0.25) is 0 Å². The highest BCUT2D eigenvalue weighted by Gasteiger charge is 2.59. The molecule has 0 bridgehead atoms. The van der Waals surface area contributed by atoms with E-state index in [-0.39, 0.29) is 46.4 Å². The molecule has 0 amide bonds. The molecule has 7 heteroatoms. The van der Waals surface area contributed by atoms with Crippen molar-refractivity contribution >= 4 is 35.0 Å². The number of hydrogen-bond donors (Lipinski definition) is 1. The first-order chi connectivity index (χ1) is 12.2. The molecule has 2 aliphatic rings. The van der Waals surface area contributed by atoms with E-state index in [1.54, 1.807) is 5.41 Å². The summed E-state index contributed by atoms with van der Waals surface area (Å²) in [6.45, 7) is 2.08. The molecule has 0 saturated heterocycles. The van der Waals surface area contributed by atoms with Crippen molar-refractivity contribution in [1.29, 1.82) is 0 Å². The summed E-state index contributed by atoms with van der Waals surface area (Å²) in [7, 11) is 0. The summed E-state index contributed by atoms with van der Waals surface area (Å²) in [6, 6.07) is 4.14. The number of allylic oxidation sites excluding steroid dienone is 2. The third-order valence-electron chi connectivity index (χ3n) is 5.29. The van der Waals surface area contributed by atoms with Gasteiger partial charge in [0.2, 0.25) is 0 Å². The molecule has 1 aromatic rings. The van der Waals surface area contributed by atoms with Crippen molar-refractivity contribution in [2.45, 2.75) is 30.7 Å². The second-order valence-corrected chi connectivity index (χ2v) is 9.06. The van der Waals surface area contributed by atoms with Crippen LogP contribution in [0.3, 0.4) is 0 Å². The highest BCUT2D eigenvalue weighted by Crippen LogP contribution is 2.60. The van der Waals surface area contributed by atoms with Gasteiger partial charge in [-0.05, 0) is 53.8 Å². The van der Waals surface area contributed by atoms with E-state index in [0.717, 1.165) is 23.8 Å². The molecular formula is C19H19Cl2F3OS. The summed E-state index contributed by atoms with van der Waals surface area (Å²) in [5.41, 5.74) is 0.850. The molecule has 0 saturated carbocycles. The Hall–Kier alpha value is -0.620. The van der Waals surface area contributed by atoms with Crippen LogP contribution in [0.5, 0.6) is 0 Å². The van der Waals surface area contributed by atoms with E-state index in [9.17, 15) is 18.3 Å². The molecule has 4 unspecified atom stereocenters. The lowest BCUT2D eigenvalue weighted by molar-refractivity contribution is -0.161. The van der Waals surface area contributed by atoms with Gasteiger partial charge in [0.05, 0.1) is 0 Å². The molecule has 0 aromatic heterocycles. The Labute approximate surface area is 165 Å². The molecule has 4 atom stereocenters. The maximum atomic E-state index is 14.1. The average molecular weight is 423 g/mol. The SMILES string of the molecule is CC1CC(C2=CSC(c3cc(Cl)cc(Cl)c3)(C(F)(F)F)C2)C=CC1CO. The number of halogens is 5. The molecule has 1 aromatic carbocycles. The van der Waals surface area contributed by atoms with E-state index in [4.69, 9.17) is 23.2 Å². The minimum atomic E-state index is -4.44. The number of benzene rings is 1. The topological polar surface area (TPSA) is 20.2 Å². The number of alkyl halides is 3. The Morgan fingerprint density at radius 2 is 1.85 bits per heavy atom. The quantitative estimate of drug-likeness (QED) is 0.554. The van der Waals surface area contributed by atoms with E-state index in [1.165, 1.54) is 18.2 Å². The van der Waals surface area contributed by atoms with Crippen LogP contribution in [0.25, 0.3) is 0 Å². The van der Waals surface area contributed by atoms with Crippen LogP contribution in [0, 0.1) is 17.8 Å². The van der Waals surface area contributed by atoms with Gasteiger partial charge < -0.3 is 5.11 Å². The van der Waals surface area contributed by atoms with Crippen molar-refractivity contribution in [3.05, 3.63) is 56.9 Å². The molecule has 0 radical (unpaired) electrons. The summed E-state index contributed by atoms with van der Waals surface area (Å²) in [5.74, 6) is 0.251. The van der Waals surface area contributed by atoms with Gasteiger partial charge >= 0.3 is 6.18 Å². The fourth-order valence-corrected chi connectivity index (χ4v) is 5.46. The van der Waals surface area contributed by atoms with Crippen LogP contribution < -0.4 is 0 Å². The highest BCUT2D eigenvalue weighted by atomic mass is 35.5. The Kier molecular flexibility index (Phi) is 5.74. The van der Waals surface area contributed by atoms with Crippen molar-refractivity contribution in [2.75, 3.05) is 6.61 Å². The van der Waals surface area contributed by atoms with E-state index in [0.29, 0.717) is 0 Å². The fourth-order valence-electron chi connectivity index (χ4n) is 3.69. The molecule has 1 aliphatic carbocycles. The molecule has 142 valence electrons. The van der Waals surface area contributed by atoms with Gasteiger partial charge in [0.1, 0.15) is 4.75 Å². The van der Waals surface area contributed by atoms with E-state index < -0.39 is 10.9 Å². The number of thioether (sulfide) groups is 1. The monoisotopic (exact) mass is 422 g/mol. The fraction of sp³-hybridized carbons (Fsp3) is 0.474. The van der Waals surface area contributed by atoms with Gasteiger partial charge in [0.25, 0.3) is 0 Å². The first-order valence-corrected chi connectivity index (χ1v) is 9.99. The largest absolute Gasteiger partial charge is 0.407 e. The van der Waals surface area contributed by atoms with Crippen LogP contribution in [0.1, 0.15) is 25.3 Å². The van der Waals surface area contributed by atoms with E-state index >= 15 is 0 Å². The van der Waals surface area contributed by atoms with Gasteiger partial charge in [0.15, 0.2) is 0 Å². The number of rotatable bonds is 3. The molecule has 0 spiro atoms. The minimum absolute atomic E-state index is 0.0424. The van der Waals surface area contributed by atoms with Crippen molar-refractivity contribution in [2.24, 2.45) is 17.8 Å². The Balaban J connectivity index is 1.92. The zero-order chi connectivity index (χ0) is 19.1. The molecule has 1 aliphatic heterocycles. The molecule has 0 fully saturated rings. The predicted molar refractivity (Wildman–Crippen MR) is 101 cm³/mol. The van der Waals surface area contributed by atoms with Gasteiger partial charge in [0, 0.05) is 22.6 Å². The Bertz CT molecular complexity index is 727. The van der Waals surface area contributed by atoms with Crippen molar-refractivity contribution in [1.82, 2.24) is 0 Å². The van der Waals surface area contributed by atoms with Crippen molar-refractivity contribution < 1.29 is 18.3 Å². The summed E-state index contributed by atoms with van der Waals surface area (Å²) in [6.07, 6.45) is 0.0299. The molecule has 1 nitrogen and oxygen atoms in total. The van der Waals surface area contributed by atoms with E-state index in [1.807, 2.05) is 19.1 Å². The normalized spacial score (nSPS) is 32.0. The van der Waals surface area contributed by atoms with Crippen LogP contribution in [-0.4, -0.2) is 17.9 Å². The molecule has 3 rings (SSSR count). The van der Waals surface area contributed by atoms with Gasteiger partial charge in [-0.2, -0.15) is 13.2 Å². The third kappa shape index (κ3) is 3.68. The Morgan fingerprint density at radius 3 is 2.38 bits per heavy atom. The zero-order valence-corrected chi connectivity index (χ0v) is 16.4. The summed E-state index contributed by atoms with van der Waals surface area (Å²) >= 11 is 12.7. The Morgan fingerprint density at radius 1 is 1.19 bits per heavy atom. The van der Waals surface area contributed by atoms with Gasteiger partial charge in [-0.25, -0.2) is 0 Å². The lowest BCUT2D eigenvalue weighted by Gasteiger charge is -2.34. The maximum absolute atomic E-state index is 14.1. The zero-order valence-electron chi connectivity index (χ0n) is 14.1. The number of aliphatic hydroxyl groups excluding tert-OH is 1. The summed E-state index contributed by atoms with van der Waals surface area (Å²) in [5, 5.41) is 11.4. The number of aliphatic hydroxyl groups is 1. The lowest BCUT2D eigenvalue weighted by Crippen LogP contribution is -2.38. The molecular weight excluding hydrogens is 404 g/mol. The van der Waals surface area contributed by atoms with Crippen molar-refractivity contribution in [3.63, 3.8) is 0 Å². The summed E-state index contributed by atoms with van der Waals surface area (Å²) in [4.78, 5) is 0. The molecule has 1 heterocycles. The second kappa shape index (κ2) is 7.42. The smallest absolute Gasteiger partial charge is 0.396 e. The van der Waals surface area contributed by atoms with E-state index in [2.05, 4.69) is 0 Å². The van der Waals surface area contributed by atoms with Gasteiger partial charge in [-0.1, -0.05) is 47.9 Å². The van der Waals surface area contributed by atoms with Crippen LogP contribution >= 0.6 is 35.0 Å². The van der Waals surface area contributed by atoms with Crippen LogP contribution in [0.4, 0.5) is 13.2 Å². The third-order valence-corrected chi connectivity index (χ3v) is 7.16. The second-order valence-electron chi connectivity index (χ2n) is 7.02. The standard InChI is InChI=1S/C19H19Cl2F3OS/c1-11-4-12(2-3-13(11)9-25)14-8-18(26-10-14,19(22,23)24)15-5-16(20)7-17(21)6-15/h2-3,5-7,10-13,25H,4,8-9H2,1H3. The average Bonchev–Trinajstić information content (AvgIpc) is 3.00. The summed E-state index contributed by atoms with van der Waals surface area (Å²) < 4.78 is 40.3. The van der Waals surface area contributed by atoms with Crippen molar-refractivity contribution in [3.8, 4) is 0 Å². The van der Waals surface area contributed by atoms with Crippen LogP contribution in [0.15, 0.2) is 41.3 Å². The molecule has 26 heavy (non-hydrogen) atoms. The first kappa shape index (κ1) is 20.1. The molecule has 1 N–H and O–H groups in total. The first-order valence-electron chi connectivity index (χ1n) is 8.35.